The van der Waals surface area contributed by atoms with Crippen LogP contribution in [0.3, 0.4) is 0 Å². The molecule has 0 aliphatic rings. The van der Waals surface area contributed by atoms with Gasteiger partial charge in [-0.2, -0.15) is 21.6 Å². The summed E-state index contributed by atoms with van der Waals surface area (Å²) in [5.74, 6) is -1.71. The van der Waals surface area contributed by atoms with Crippen molar-refractivity contribution in [3.05, 3.63) is 40.4 Å². The summed E-state index contributed by atoms with van der Waals surface area (Å²) < 4.78 is 68.0. The minimum Gasteiger partial charge on any atom is -0.496 e. The van der Waals surface area contributed by atoms with Crippen molar-refractivity contribution >= 4 is 26.9 Å². The molecule has 9 nitrogen and oxygen atoms in total. The Hall–Kier alpha value is -3.05. The number of ether oxygens (including phenoxy) is 1. The lowest BCUT2D eigenvalue weighted by Gasteiger charge is -2.11. The number of carbonyl (C=O) groups excluding carboxylic acids is 1. The lowest BCUT2D eigenvalue weighted by atomic mass is 10.1. The molecular weight excluding hydrogens is 369 g/mol. The molecule has 0 spiro atoms. The van der Waals surface area contributed by atoms with E-state index in [1.807, 2.05) is 0 Å². The molecule has 0 N–H and O–H groups in total. The van der Waals surface area contributed by atoms with Gasteiger partial charge in [0, 0.05) is 16.4 Å². The van der Waals surface area contributed by atoms with Crippen molar-refractivity contribution in [2.45, 2.75) is 5.51 Å². The monoisotopic (exact) mass is 376 g/mol. The fraction of sp³-hybridized carbons (Fsp3) is 0.167. The van der Waals surface area contributed by atoms with Crippen molar-refractivity contribution in [2.24, 2.45) is 5.11 Å². The van der Waals surface area contributed by atoms with Crippen molar-refractivity contribution in [1.82, 2.24) is 4.98 Å². The van der Waals surface area contributed by atoms with Crippen LogP contribution in [0.15, 0.2) is 29.5 Å². The first-order chi connectivity index (χ1) is 11.6. The fourth-order valence-corrected chi connectivity index (χ4v) is 2.23. The molecule has 0 bridgehead atoms. The first kappa shape index (κ1) is 18.3. The van der Waals surface area contributed by atoms with E-state index in [1.54, 1.807) is 0 Å². The maximum Gasteiger partial charge on any atom is 0.534 e. The van der Waals surface area contributed by atoms with Gasteiger partial charge in [0.15, 0.2) is 5.75 Å². The van der Waals surface area contributed by atoms with Crippen LogP contribution in [0.1, 0.15) is 10.4 Å². The van der Waals surface area contributed by atoms with E-state index in [1.165, 1.54) is 13.2 Å². The number of hydrogen-bond donors (Lipinski definition) is 0. The molecule has 0 atom stereocenters. The maximum absolute atomic E-state index is 12.3. The van der Waals surface area contributed by atoms with Crippen molar-refractivity contribution in [3.8, 4) is 11.5 Å². The van der Waals surface area contributed by atoms with E-state index < -0.39 is 27.3 Å². The van der Waals surface area contributed by atoms with Crippen LogP contribution in [0.2, 0.25) is 0 Å². The largest absolute Gasteiger partial charge is 0.534 e. The smallest absolute Gasteiger partial charge is 0.496 e. The number of aromatic nitrogens is 1. The number of hydrogen-bond acceptors (Lipinski definition) is 6. The van der Waals surface area contributed by atoms with Gasteiger partial charge in [0.2, 0.25) is 0 Å². The lowest BCUT2D eigenvalue weighted by molar-refractivity contribution is -0.0500. The molecule has 0 aliphatic carbocycles. The van der Waals surface area contributed by atoms with E-state index in [0.29, 0.717) is 0 Å². The molecule has 2 aromatic rings. The van der Waals surface area contributed by atoms with E-state index in [2.05, 4.69) is 19.2 Å². The summed E-state index contributed by atoms with van der Waals surface area (Å²) in [6, 6.07) is 3.31. The number of pyridine rings is 1. The van der Waals surface area contributed by atoms with Gasteiger partial charge in [-0.05, 0) is 22.8 Å². The van der Waals surface area contributed by atoms with Gasteiger partial charge in [-0.1, -0.05) is 0 Å². The number of nitrogens with zero attached hydrogens (tertiary/aromatic N) is 4. The number of azide groups is 1. The molecule has 2 rings (SSSR count). The van der Waals surface area contributed by atoms with Crippen LogP contribution >= 0.6 is 0 Å². The Morgan fingerprint density at radius 1 is 1.32 bits per heavy atom. The Balaban J connectivity index is 2.56. The zero-order chi connectivity index (χ0) is 18.8. The zero-order valence-electron chi connectivity index (χ0n) is 12.2. The van der Waals surface area contributed by atoms with Gasteiger partial charge >= 0.3 is 15.6 Å². The summed E-state index contributed by atoms with van der Waals surface area (Å²) in [5.41, 5.74) is 2.69. The van der Waals surface area contributed by atoms with Crippen LogP contribution in [0.4, 0.5) is 13.2 Å². The van der Waals surface area contributed by atoms with Gasteiger partial charge in [-0.15, -0.1) is 0 Å². The summed E-state index contributed by atoms with van der Waals surface area (Å²) in [7, 11) is -4.63. The first-order valence-corrected chi connectivity index (χ1v) is 7.58. The molecule has 1 amide bonds. The molecular formula is C12H7F3N4O5S. The molecule has 132 valence electrons. The van der Waals surface area contributed by atoms with E-state index in [-0.39, 0.29) is 22.2 Å². The van der Waals surface area contributed by atoms with Gasteiger partial charge in [-0.3, -0.25) is 9.78 Å². The third kappa shape index (κ3) is 3.72. The highest BCUT2D eigenvalue weighted by atomic mass is 32.2. The number of rotatable bonds is 4. The molecule has 1 aromatic carbocycles. The van der Waals surface area contributed by atoms with Gasteiger partial charge in [0.25, 0.3) is 5.91 Å². The highest BCUT2D eigenvalue weighted by molar-refractivity contribution is 7.88. The summed E-state index contributed by atoms with van der Waals surface area (Å²) in [5, 5.41) is 2.95. The standard InChI is InChI=1S/C12H7F3N4O5S/c1-23-10-4-9-6(3-8(10)11(20)18-19-16)2-7(5-17-9)24-25(21,22)12(13,14)15/h2-5H,1H3. The molecule has 0 aliphatic heterocycles. The second-order valence-corrected chi connectivity index (χ2v) is 5.93. The van der Waals surface area contributed by atoms with E-state index >= 15 is 0 Å². The van der Waals surface area contributed by atoms with E-state index in [4.69, 9.17) is 10.3 Å². The highest BCUT2D eigenvalue weighted by Gasteiger charge is 2.48. The Morgan fingerprint density at radius 3 is 2.56 bits per heavy atom. The Morgan fingerprint density at radius 2 is 2.00 bits per heavy atom. The van der Waals surface area contributed by atoms with Crippen molar-refractivity contribution in [3.63, 3.8) is 0 Å². The average Bonchev–Trinajstić information content (AvgIpc) is 2.52. The maximum atomic E-state index is 12.3. The molecule has 0 saturated heterocycles. The van der Waals surface area contributed by atoms with Crippen molar-refractivity contribution in [1.29, 1.82) is 0 Å². The van der Waals surface area contributed by atoms with Crippen LogP contribution in [0.5, 0.6) is 11.5 Å². The number of halogens is 3. The number of methoxy groups -OCH3 is 1. The number of benzene rings is 1. The number of carbonyl (C=O) groups is 1. The van der Waals surface area contributed by atoms with Crippen molar-refractivity contribution in [2.75, 3.05) is 7.11 Å². The van der Waals surface area contributed by atoms with Crippen LogP contribution in [-0.4, -0.2) is 31.9 Å². The third-order valence-corrected chi connectivity index (χ3v) is 3.81. The first-order valence-electron chi connectivity index (χ1n) is 6.17. The normalized spacial score (nSPS) is 11.7. The molecule has 13 heteroatoms. The minimum atomic E-state index is -5.87. The molecule has 0 radical (unpaired) electrons. The van der Waals surface area contributed by atoms with Crippen LogP contribution in [0.25, 0.3) is 21.3 Å². The highest BCUT2D eigenvalue weighted by Crippen LogP contribution is 2.30. The quantitative estimate of drug-likeness (QED) is 0.265. The summed E-state index contributed by atoms with van der Waals surface area (Å²) in [6.07, 6.45) is 0.764. The predicted octanol–water partition coefficient (Wildman–Crippen LogP) is 2.92. The van der Waals surface area contributed by atoms with E-state index in [0.717, 1.165) is 18.3 Å². The second kappa shape index (κ2) is 6.45. The summed E-state index contributed by atoms with van der Waals surface area (Å²) in [6.45, 7) is 0. The number of amides is 1. The molecule has 0 unspecified atom stereocenters. The Bertz CT molecular complexity index is 1000. The average molecular weight is 376 g/mol. The van der Waals surface area contributed by atoms with Crippen LogP contribution < -0.4 is 8.92 Å². The molecule has 0 fully saturated rings. The Kier molecular flexibility index (Phi) is 4.72. The topological polar surface area (TPSA) is 131 Å². The molecule has 1 aromatic heterocycles. The van der Waals surface area contributed by atoms with Crippen molar-refractivity contribution < 1.29 is 35.3 Å². The lowest BCUT2D eigenvalue weighted by Crippen LogP contribution is -2.28. The fourth-order valence-electron chi connectivity index (χ4n) is 1.79. The zero-order valence-corrected chi connectivity index (χ0v) is 13.0. The van der Waals surface area contributed by atoms with Gasteiger partial charge in [0.1, 0.15) is 5.75 Å². The van der Waals surface area contributed by atoms with Gasteiger partial charge < -0.3 is 8.92 Å². The molecule has 25 heavy (non-hydrogen) atoms. The second-order valence-electron chi connectivity index (χ2n) is 4.39. The van der Waals surface area contributed by atoms with Crippen LogP contribution in [-0.2, 0) is 10.1 Å². The van der Waals surface area contributed by atoms with Crippen LogP contribution in [0, 0.1) is 0 Å². The third-order valence-electron chi connectivity index (χ3n) is 2.83. The molecule has 1 heterocycles. The number of alkyl halides is 3. The summed E-state index contributed by atoms with van der Waals surface area (Å²) in [4.78, 5) is 17.8. The summed E-state index contributed by atoms with van der Waals surface area (Å²) >= 11 is 0. The minimum absolute atomic E-state index is 0.00832. The predicted molar refractivity (Wildman–Crippen MR) is 77.4 cm³/mol. The molecule has 0 saturated carbocycles. The number of fused-ring (bicyclic) bond motifs is 1. The van der Waals surface area contributed by atoms with E-state index in [9.17, 15) is 26.4 Å². The Labute approximate surface area is 137 Å². The SMILES string of the molecule is COc1cc2ncc(OS(=O)(=O)C(F)(F)F)cc2cc1C(=O)N=[N+]=[N-]. The van der Waals surface area contributed by atoms with Gasteiger partial charge in [0.05, 0.1) is 24.4 Å². The van der Waals surface area contributed by atoms with Gasteiger partial charge in [-0.25, -0.2) is 0 Å².